The van der Waals surface area contributed by atoms with Crippen LogP contribution in [0.5, 0.6) is 11.5 Å². The Labute approximate surface area is 126 Å². The van der Waals surface area contributed by atoms with E-state index in [2.05, 4.69) is 17.4 Å². The maximum Gasteiger partial charge on any atom is 0.142 e. The fourth-order valence-corrected chi connectivity index (χ4v) is 3.35. The van der Waals surface area contributed by atoms with Gasteiger partial charge in [-0.2, -0.15) is 0 Å². The van der Waals surface area contributed by atoms with Crippen LogP contribution >= 0.6 is 23.5 Å². The van der Waals surface area contributed by atoms with Crippen molar-refractivity contribution in [1.29, 1.82) is 0 Å². The monoisotopic (exact) mass is 309 g/mol. The normalized spacial score (nSPS) is 14.4. The van der Waals surface area contributed by atoms with Gasteiger partial charge in [0.05, 0.1) is 5.02 Å². The van der Waals surface area contributed by atoms with Crippen molar-refractivity contribution < 1.29 is 9.13 Å². The van der Waals surface area contributed by atoms with E-state index in [9.17, 15) is 4.39 Å². The lowest BCUT2D eigenvalue weighted by Gasteiger charge is -2.12. The summed E-state index contributed by atoms with van der Waals surface area (Å²) >= 11 is 7.50. The van der Waals surface area contributed by atoms with Gasteiger partial charge in [0.25, 0.3) is 0 Å². The highest BCUT2D eigenvalue weighted by molar-refractivity contribution is 7.97. The quantitative estimate of drug-likeness (QED) is 0.722. The average Bonchev–Trinajstić information content (AvgIpc) is 2.79. The molecule has 0 unspecified atom stereocenters. The predicted octanol–water partition coefficient (Wildman–Crippen LogP) is 5.03. The summed E-state index contributed by atoms with van der Waals surface area (Å²) in [5.41, 5.74) is 2.39. The van der Waals surface area contributed by atoms with Crippen LogP contribution in [0.4, 0.5) is 4.39 Å². The molecule has 2 nitrogen and oxygen atoms in total. The van der Waals surface area contributed by atoms with Gasteiger partial charge in [0, 0.05) is 17.5 Å². The molecule has 0 spiro atoms. The molecule has 0 N–H and O–H groups in total. The van der Waals surface area contributed by atoms with Gasteiger partial charge in [0.1, 0.15) is 17.3 Å². The molecule has 3 rings (SSSR count). The molecular weight excluding hydrogens is 297 g/mol. The van der Waals surface area contributed by atoms with Gasteiger partial charge in [-0.3, -0.25) is 0 Å². The maximum absolute atomic E-state index is 13.1. The lowest BCUT2D eigenvalue weighted by atomic mass is 10.1. The second-order valence-corrected chi connectivity index (χ2v) is 6.37. The molecule has 0 amide bonds. The molecule has 2 aromatic rings. The number of nitrogens with zero attached hydrogens (tertiary/aromatic N) is 1. The Hall–Kier alpha value is -1.23. The minimum Gasteiger partial charge on any atom is -0.457 e. The Kier molecular flexibility index (Phi) is 3.63. The van der Waals surface area contributed by atoms with Gasteiger partial charge in [0.15, 0.2) is 0 Å². The predicted molar refractivity (Wildman–Crippen MR) is 80.0 cm³/mol. The number of halogens is 2. The molecule has 0 atom stereocenters. The summed E-state index contributed by atoms with van der Waals surface area (Å²) < 4.78 is 21.1. The van der Waals surface area contributed by atoms with Crippen molar-refractivity contribution in [3.8, 4) is 11.5 Å². The first kappa shape index (κ1) is 13.7. The largest absolute Gasteiger partial charge is 0.457 e. The fraction of sp³-hybridized carbons (Fsp3) is 0.200. The van der Waals surface area contributed by atoms with Gasteiger partial charge in [-0.05, 0) is 61.3 Å². The van der Waals surface area contributed by atoms with E-state index in [0.29, 0.717) is 5.75 Å². The van der Waals surface area contributed by atoms with Crippen molar-refractivity contribution in [1.82, 2.24) is 4.31 Å². The third-order valence-electron chi connectivity index (χ3n) is 3.26. The van der Waals surface area contributed by atoms with Crippen LogP contribution in [0.2, 0.25) is 5.02 Å². The van der Waals surface area contributed by atoms with Crippen molar-refractivity contribution in [3.63, 3.8) is 0 Å². The molecule has 0 bridgehead atoms. The van der Waals surface area contributed by atoms with E-state index < -0.39 is 5.82 Å². The number of ether oxygens (including phenoxy) is 1. The molecule has 104 valence electrons. The first-order valence-electron chi connectivity index (χ1n) is 6.19. The van der Waals surface area contributed by atoms with Crippen molar-refractivity contribution >= 4 is 23.5 Å². The molecule has 0 aromatic heterocycles. The van der Waals surface area contributed by atoms with E-state index in [0.717, 1.165) is 17.9 Å². The summed E-state index contributed by atoms with van der Waals surface area (Å²) in [7, 11) is 2.06. The van der Waals surface area contributed by atoms with Gasteiger partial charge >= 0.3 is 0 Å². The SMILES string of the molecule is Cc1c(Oc2ccc(F)c(Cl)c2)ccc2c1CN(C)S2. The zero-order valence-electron chi connectivity index (χ0n) is 11.1. The van der Waals surface area contributed by atoms with Crippen molar-refractivity contribution in [2.24, 2.45) is 0 Å². The molecule has 0 fully saturated rings. The van der Waals surface area contributed by atoms with E-state index in [4.69, 9.17) is 16.3 Å². The van der Waals surface area contributed by atoms with E-state index in [1.807, 2.05) is 13.0 Å². The van der Waals surface area contributed by atoms with E-state index in [-0.39, 0.29) is 5.02 Å². The van der Waals surface area contributed by atoms with Gasteiger partial charge in [-0.1, -0.05) is 11.6 Å². The molecule has 1 aliphatic rings. The molecular formula is C15H13ClFNOS. The van der Waals surface area contributed by atoms with Crippen molar-refractivity contribution in [2.75, 3.05) is 7.05 Å². The molecule has 20 heavy (non-hydrogen) atoms. The van der Waals surface area contributed by atoms with Crippen LogP contribution < -0.4 is 4.74 Å². The van der Waals surface area contributed by atoms with Gasteiger partial charge in [-0.25, -0.2) is 8.70 Å². The highest BCUT2D eigenvalue weighted by atomic mass is 35.5. The van der Waals surface area contributed by atoms with Crippen LogP contribution in [0, 0.1) is 12.7 Å². The molecule has 1 heterocycles. The Morgan fingerprint density at radius 3 is 2.85 bits per heavy atom. The third-order valence-corrected chi connectivity index (χ3v) is 4.57. The van der Waals surface area contributed by atoms with Crippen LogP contribution in [-0.4, -0.2) is 11.4 Å². The van der Waals surface area contributed by atoms with Gasteiger partial charge < -0.3 is 4.74 Å². The van der Waals surface area contributed by atoms with E-state index in [1.165, 1.54) is 22.6 Å². The summed E-state index contributed by atoms with van der Waals surface area (Å²) in [6, 6.07) is 8.37. The molecule has 0 saturated heterocycles. The van der Waals surface area contributed by atoms with E-state index >= 15 is 0 Å². The summed E-state index contributed by atoms with van der Waals surface area (Å²) in [4.78, 5) is 1.26. The smallest absolute Gasteiger partial charge is 0.142 e. The summed E-state index contributed by atoms with van der Waals surface area (Å²) in [5, 5.41) is 0.0663. The molecule has 1 aliphatic heterocycles. The minimum atomic E-state index is -0.442. The summed E-state index contributed by atoms with van der Waals surface area (Å²) in [5.74, 6) is 0.878. The Bertz CT molecular complexity index is 677. The molecule has 5 heteroatoms. The van der Waals surface area contributed by atoms with Crippen LogP contribution in [0.3, 0.4) is 0 Å². The summed E-state index contributed by atoms with van der Waals surface area (Å²) in [6.07, 6.45) is 0. The van der Waals surface area contributed by atoms with Crippen LogP contribution in [-0.2, 0) is 6.54 Å². The fourth-order valence-electron chi connectivity index (χ4n) is 2.19. The molecule has 0 saturated carbocycles. The van der Waals surface area contributed by atoms with Gasteiger partial charge in [0.2, 0.25) is 0 Å². The van der Waals surface area contributed by atoms with E-state index in [1.54, 1.807) is 18.0 Å². The first-order chi connectivity index (χ1) is 9.54. The zero-order chi connectivity index (χ0) is 14.3. The van der Waals surface area contributed by atoms with Crippen LogP contribution in [0.15, 0.2) is 35.2 Å². The lowest BCUT2D eigenvalue weighted by molar-refractivity contribution is 0.474. The topological polar surface area (TPSA) is 12.5 Å². The average molecular weight is 310 g/mol. The first-order valence-corrected chi connectivity index (χ1v) is 7.34. The van der Waals surface area contributed by atoms with Crippen LogP contribution in [0.25, 0.3) is 0 Å². The Morgan fingerprint density at radius 2 is 2.10 bits per heavy atom. The maximum atomic E-state index is 13.1. The molecule has 2 aromatic carbocycles. The number of fused-ring (bicyclic) bond motifs is 1. The van der Waals surface area contributed by atoms with Crippen molar-refractivity contribution in [3.05, 3.63) is 52.3 Å². The second kappa shape index (κ2) is 5.28. The van der Waals surface area contributed by atoms with Gasteiger partial charge in [-0.15, -0.1) is 0 Å². The minimum absolute atomic E-state index is 0.0663. The zero-order valence-corrected chi connectivity index (χ0v) is 12.7. The Morgan fingerprint density at radius 1 is 1.30 bits per heavy atom. The number of benzene rings is 2. The number of hydrogen-bond donors (Lipinski definition) is 0. The second-order valence-electron chi connectivity index (χ2n) is 4.72. The molecule has 0 aliphatic carbocycles. The number of hydrogen-bond acceptors (Lipinski definition) is 3. The lowest BCUT2D eigenvalue weighted by Crippen LogP contribution is -2.01. The standard InChI is InChI=1S/C15H13ClFNOS/c1-9-11-8-18(2)20-15(11)6-5-14(9)19-10-3-4-13(17)12(16)7-10/h3-7H,8H2,1-2H3. The summed E-state index contributed by atoms with van der Waals surface area (Å²) in [6.45, 7) is 2.94. The highest BCUT2D eigenvalue weighted by Crippen LogP contribution is 2.40. The van der Waals surface area contributed by atoms with Crippen molar-refractivity contribution in [2.45, 2.75) is 18.4 Å². The Balaban J connectivity index is 1.92. The van der Waals surface area contributed by atoms with Crippen LogP contribution in [0.1, 0.15) is 11.1 Å². The third kappa shape index (κ3) is 2.51. The highest BCUT2D eigenvalue weighted by Gasteiger charge is 2.21. The number of rotatable bonds is 2. The molecule has 0 radical (unpaired) electrons.